The highest BCUT2D eigenvalue weighted by Gasteiger charge is 2.36. The Hall–Kier alpha value is -0.710. The number of hydrogen-bond acceptors (Lipinski definition) is 2. The number of halogens is 3. The van der Waals surface area contributed by atoms with E-state index in [0.29, 0.717) is 5.92 Å². The second-order valence-corrected chi connectivity index (χ2v) is 6.11. The van der Waals surface area contributed by atoms with Gasteiger partial charge in [0, 0.05) is 12.1 Å². The van der Waals surface area contributed by atoms with Crippen molar-refractivity contribution in [1.29, 1.82) is 0 Å². The van der Waals surface area contributed by atoms with Gasteiger partial charge >= 0.3 is 0 Å². The Morgan fingerprint density at radius 2 is 1.89 bits per heavy atom. The molecule has 1 atom stereocenters. The average Bonchev–Trinajstić information content (AvgIpc) is 2.37. The Bertz CT molecular complexity index is 459. The maximum absolute atomic E-state index is 13.6. The van der Waals surface area contributed by atoms with Gasteiger partial charge in [0.2, 0.25) is 0 Å². The second-order valence-electron chi connectivity index (χ2n) is 5.36. The lowest BCUT2D eigenvalue weighted by atomic mass is 9.68. The maximum atomic E-state index is 13.6. The largest absolute Gasteiger partial charge is 0.365 e. The van der Waals surface area contributed by atoms with Crippen molar-refractivity contribution in [2.75, 3.05) is 5.32 Å². The lowest BCUT2D eigenvalue weighted by Crippen LogP contribution is -2.40. The molecule has 3 aliphatic carbocycles. The van der Waals surface area contributed by atoms with Crippen molar-refractivity contribution in [3.05, 3.63) is 22.3 Å². The third kappa shape index (κ3) is 2.25. The first kappa shape index (κ1) is 12.3. The predicted octanol–water partition coefficient (Wildman–Crippen LogP) is 4.11. The quantitative estimate of drug-likeness (QED) is 0.830. The zero-order chi connectivity index (χ0) is 12.7. The van der Waals surface area contributed by atoms with Gasteiger partial charge < -0.3 is 5.32 Å². The van der Waals surface area contributed by atoms with Crippen LogP contribution in [0.4, 0.5) is 14.6 Å². The van der Waals surface area contributed by atoms with Crippen molar-refractivity contribution in [1.82, 2.24) is 4.98 Å². The SMILES string of the molecule is Fc1cc(F)c(NC2CC3CCC2CC3)nc1Br. The van der Waals surface area contributed by atoms with Gasteiger partial charge in [-0.25, -0.2) is 13.8 Å². The lowest BCUT2D eigenvalue weighted by molar-refractivity contribution is 0.157. The Kier molecular flexibility index (Phi) is 3.26. The molecule has 0 saturated heterocycles. The highest BCUT2D eigenvalue weighted by atomic mass is 79.9. The molecule has 3 saturated carbocycles. The summed E-state index contributed by atoms with van der Waals surface area (Å²) in [5, 5.41) is 3.17. The van der Waals surface area contributed by atoms with Gasteiger partial charge in [0.25, 0.3) is 0 Å². The van der Waals surface area contributed by atoms with Crippen LogP contribution in [0.2, 0.25) is 0 Å². The van der Waals surface area contributed by atoms with Crippen LogP contribution in [0.3, 0.4) is 0 Å². The molecule has 0 radical (unpaired) electrons. The summed E-state index contributed by atoms with van der Waals surface area (Å²) in [7, 11) is 0. The molecule has 0 amide bonds. The van der Waals surface area contributed by atoms with E-state index < -0.39 is 11.6 Å². The molecule has 1 aromatic heterocycles. The van der Waals surface area contributed by atoms with E-state index in [1.165, 1.54) is 25.7 Å². The van der Waals surface area contributed by atoms with Crippen molar-refractivity contribution in [3.63, 3.8) is 0 Å². The molecule has 0 spiro atoms. The fourth-order valence-electron chi connectivity index (χ4n) is 3.28. The topological polar surface area (TPSA) is 24.9 Å². The van der Waals surface area contributed by atoms with Crippen LogP contribution in [-0.4, -0.2) is 11.0 Å². The van der Waals surface area contributed by atoms with Crippen molar-refractivity contribution in [3.8, 4) is 0 Å². The molecule has 1 N–H and O–H groups in total. The molecule has 0 aliphatic heterocycles. The molecule has 18 heavy (non-hydrogen) atoms. The minimum Gasteiger partial charge on any atom is -0.365 e. The minimum atomic E-state index is -0.664. The molecule has 2 nitrogen and oxygen atoms in total. The molecule has 3 aliphatic rings. The molecule has 4 rings (SSSR count). The second kappa shape index (κ2) is 4.76. The maximum Gasteiger partial charge on any atom is 0.168 e. The Morgan fingerprint density at radius 1 is 1.17 bits per heavy atom. The van der Waals surface area contributed by atoms with E-state index >= 15 is 0 Å². The van der Waals surface area contributed by atoms with E-state index in [1.54, 1.807) is 0 Å². The lowest BCUT2D eigenvalue weighted by Gasteiger charge is -2.42. The first-order valence-electron chi connectivity index (χ1n) is 6.41. The van der Waals surface area contributed by atoms with E-state index in [4.69, 9.17) is 0 Å². The molecule has 5 heteroatoms. The van der Waals surface area contributed by atoms with Gasteiger partial charge in [0.1, 0.15) is 4.60 Å². The highest BCUT2D eigenvalue weighted by Crippen LogP contribution is 2.42. The zero-order valence-electron chi connectivity index (χ0n) is 9.93. The highest BCUT2D eigenvalue weighted by molar-refractivity contribution is 9.10. The number of aromatic nitrogens is 1. The van der Waals surface area contributed by atoms with Crippen molar-refractivity contribution >= 4 is 21.7 Å². The average molecular weight is 317 g/mol. The number of rotatable bonds is 2. The molecular weight excluding hydrogens is 302 g/mol. The van der Waals surface area contributed by atoms with Crippen LogP contribution in [0.5, 0.6) is 0 Å². The summed E-state index contributed by atoms with van der Waals surface area (Å²) in [6, 6.07) is 1.16. The first-order valence-corrected chi connectivity index (χ1v) is 7.21. The van der Waals surface area contributed by atoms with E-state index in [2.05, 4.69) is 26.2 Å². The van der Waals surface area contributed by atoms with E-state index in [-0.39, 0.29) is 16.5 Å². The Morgan fingerprint density at radius 3 is 2.50 bits per heavy atom. The number of nitrogens with one attached hydrogen (secondary N) is 1. The monoisotopic (exact) mass is 316 g/mol. The van der Waals surface area contributed by atoms with Crippen LogP contribution in [-0.2, 0) is 0 Å². The zero-order valence-corrected chi connectivity index (χ0v) is 11.5. The van der Waals surface area contributed by atoms with Crippen LogP contribution in [0.1, 0.15) is 32.1 Å². The van der Waals surface area contributed by atoms with Gasteiger partial charge in [-0.15, -0.1) is 0 Å². The molecule has 98 valence electrons. The molecule has 1 unspecified atom stereocenters. The van der Waals surface area contributed by atoms with Crippen molar-refractivity contribution in [2.24, 2.45) is 11.8 Å². The normalized spacial score (nSPS) is 30.5. The molecule has 2 bridgehead atoms. The molecular formula is C13H15BrF2N2. The minimum absolute atomic E-state index is 0.0624. The number of hydrogen-bond donors (Lipinski definition) is 1. The van der Waals surface area contributed by atoms with Crippen molar-refractivity contribution in [2.45, 2.75) is 38.1 Å². The van der Waals surface area contributed by atoms with Gasteiger partial charge in [-0.1, -0.05) is 12.8 Å². The van der Waals surface area contributed by atoms with E-state index in [0.717, 1.165) is 18.4 Å². The summed E-state index contributed by atoms with van der Waals surface area (Å²) in [6.07, 6.45) is 6.11. The van der Waals surface area contributed by atoms with Gasteiger partial charge in [-0.05, 0) is 47.0 Å². The summed E-state index contributed by atoms with van der Waals surface area (Å²) in [5.41, 5.74) is 0. The predicted molar refractivity (Wildman–Crippen MR) is 69.3 cm³/mol. The Balaban J connectivity index is 1.78. The number of fused-ring (bicyclic) bond motifs is 3. The third-order valence-electron chi connectivity index (χ3n) is 4.26. The molecule has 1 aromatic rings. The van der Waals surface area contributed by atoms with Crippen molar-refractivity contribution < 1.29 is 8.78 Å². The van der Waals surface area contributed by atoms with Gasteiger partial charge in [0.05, 0.1) is 0 Å². The molecule has 0 aromatic carbocycles. The summed E-state index contributed by atoms with van der Waals surface area (Å²) < 4.78 is 26.8. The third-order valence-corrected chi connectivity index (χ3v) is 4.81. The number of pyridine rings is 1. The fraction of sp³-hybridized carbons (Fsp3) is 0.615. The van der Waals surface area contributed by atoms with Gasteiger partial charge in [-0.2, -0.15) is 0 Å². The van der Waals surface area contributed by atoms with Crippen LogP contribution >= 0.6 is 15.9 Å². The van der Waals surface area contributed by atoms with Crippen LogP contribution in [0.25, 0.3) is 0 Å². The van der Waals surface area contributed by atoms with Crippen LogP contribution in [0.15, 0.2) is 10.7 Å². The van der Waals surface area contributed by atoms with Crippen LogP contribution in [0, 0.1) is 23.5 Å². The molecule has 3 fully saturated rings. The summed E-state index contributed by atoms with van der Waals surface area (Å²) in [6.45, 7) is 0. The van der Waals surface area contributed by atoms with E-state index in [9.17, 15) is 8.78 Å². The summed E-state index contributed by atoms with van der Waals surface area (Å²) in [4.78, 5) is 3.91. The van der Waals surface area contributed by atoms with Crippen LogP contribution < -0.4 is 5.32 Å². The smallest absolute Gasteiger partial charge is 0.168 e. The van der Waals surface area contributed by atoms with E-state index in [1.807, 2.05) is 0 Å². The molecule has 1 heterocycles. The Labute approximate surface area is 113 Å². The van der Waals surface area contributed by atoms with Gasteiger partial charge in [0.15, 0.2) is 17.5 Å². The fourth-order valence-corrected chi connectivity index (χ4v) is 3.57. The first-order chi connectivity index (χ1) is 8.63. The number of nitrogens with zero attached hydrogens (tertiary/aromatic N) is 1. The summed E-state index contributed by atoms with van der Waals surface area (Å²) in [5.74, 6) is 0.265. The standard InChI is InChI=1S/C13H15BrF2N2/c14-12-9(15)6-10(16)13(18-12)17-11-5-7-1-3-8(11)4-2-7/h6-8,11H,1-5H2,(H,17,18). The van der Waals surface area contributed by atoms with Gasteiger partial charge in [-0.3, -0.25) is 0 Å². The number of anilines is 1. The summed E-state index contributed by atoms with van der Waals surface area (Å²) >= 11 is 2.99.